The number of carbonyl (C=O) groups is 1. The Morgan fingerprint density at radius 1 is 1.03 bits per heavy atom. The summed E-state index contributed by atoms with van der Waals surface area (Å²) in [6.07, 6.45) is 6.06. The molecule has 192 valence electrons. The number of rotatable bonds is 5. The van der Waals surface area contributed by atoms with E-state index in [0.29, 0.717) is 22.1 Å². The monoisotopic (exact) mass is 529 g/mol. The lowest BCUT2D eigenvalue weighted by Crippen LogP contribution is -2.23. The molecule has 0 spiro atoms. The molecule has 0 bridgehead atoms. The average molecular weight is 530 g/mol. The number of aromatic nitrogens is 3. The molecule has 0 aliphatic carbocycles. The molecule has 0 aliphatic heterocycles. The van der Waals surface area contributed by atoms with Gasteiger partial charge >= 0.3 is 0 Å². The third-order valence-corrected chi connectivity index (χ3v) is 7.93. The van der Waals surface area contributed by atoms with E-state index in [2.05, 4.69) is 9.97 Å². The van der Waals surface area contributed by atoms with Crippen LogP contribution in [-0.2, 0) is 10.0 Å². The van der Waals surface area contributed by atoms with Crippen molar-refractivity contribution in [2.75, 3.05) is 19.8 Å². The van der Waals surface area contributed by atoms with E-state index in [1.54, 1.807) is 42.7 Å². The number of benzene rings is 2. The molecule has 0 radical (unpaired) electrons. The Balaban J connectivity index is 1.77. The topological polar surface area (TPSA) is 111 Å². The number of aryl methyl sites for hydroxylation is 1. The number of nitrogens with zero attached hydrogens (tertiary/aromatic N) is 4. The van der Waals surface area contributed by atoms with Crippen LogP contribution < -0.4 is 5.73 Å². The number of anilines is 1. The van der Waals surface area contributed by atoms with Crippen molar-refractivity contribution < 1.29 is 17.6 Å². The third kappa shape index (κ3) is 4.18. The summed E-state index contributed by atoms with van der Waals surface area (Å²) in [6.45, 7) is 1.87. The zero-order chi connectivity index (χ0) is 27.2. The molecular weight excluding hydrogens is 505 g/mol. The van der Waals surface area contributed by atoms with E-state index < -0.39 is 21.7 Å². The van der Waals surface area contributed by atoms with Gasteiger partial charge in [0.05, 0.1) is 10.5 Å². The summed E-state index contributed by atoms with van der Waals surface area (Å²) >= 11 is 0. The molecular formula is C28H24FN5O3S. The number of fused-ring (bicyclic) bond motifs is 1. The average Bonchev–Trinajstić information content (AvgIpc) is 3.29. The summed E-state index contributed by atoms with van der Waals surface area (Å²) in [4.78, 5) is 22.5. The first-order chi connectivity index (χ1) is 18.1. The highest BCUT2D eigenvalue weighted by Crippen LogP contribution is 2.37. The second kappa shape index (κ2) is 9.38. The van der Waals surface area contributed by atoms with Crippen molar-refractivity contribution in [3.63, 3.8) is 0 Å². The Labute approximate surface area is 219 Å². The number of nitrogens with two attached hydrogens (primary N) is 1. The molecule has 0 fully saturated rings. The number of amides is 1. The highest BCUT2D eigenvalue weighted by Gasteiger charge is 2.25. The van der Waals surface area contributed by atoms with E-state index in [4.69, 9.17) is 5.73 Å². The minimum Gasteiger partial charge on any atom is -0.398 e. The van der Waals surface area contributed by atoms with Gasteiger partial charge in [-0.05, 0) is 43.3 Å². The molecule has 0 aliphatic rings. The van der Waals surface area contributed by atoms with E-state index >= 15 is 4.39 Å². The highest BCUT2D eigenvalue weighted by molar-refractivity contribution is 7.90. The van der Waals surface area contributed by atoms with E-state index in [1.807, 2.05) is 6.92 Å². The van der Waals surface area contributed by atoms with Crippen LogP contribution in [0.4, 0.5) is 10.1 Å². The van der Waals surface area contributed by atoms with Crippen LogP contribution in [0.15, 0.2) is 84.3 Å². The number of pyridine rings is 2. The maximum atomic E-state index is 15.6. The van der Waals surface area contributed by atoms with Gasteiger partial charge in [0.15, 0.2) is 5.65 Å². The van der Waals surface area contributed by atoms with E-state index in [-0.39, 0.29) is 27.4 Å². The first-order valence-corrected chi connectivity index (χ1v) is 13.1. The first-order valence-electron chi connectivity index (χ1n) is 11.6. The molecule has 1 amide bonds. The fourth-order valence-corrected chi connectivity index (χ4v) is 5.59. The molecule has 10 heteroatoms. The molecule has 0 saturated carbocycles. The minimum absolute atomic E-state index is 0.0124. The smallest absolute Gasteiger partial charge is 0.269 e. The highest BCUT2D eigenvalue weighted by atomic mass is 32.2. The number of nitrogen functional groups attached to an aromatic ring is 1. The Bertz CT molecular complexity index is 1800. The van der Waals surface area contributed by atoms with E-state index in [9.17, 15) is 13.2 Å². The molecule has 3 heterocycles. The van der Waals surface area contributed by atoms with Gasteiger partial charge < -0.3 is 10.6 Å². The van der Waals surface area contributed by atoms with Crippen molar-refractivity contribution in [1.82, 2.24) is 18.8 Å². The van der Waals surface area contributed by atoms with Crippen LogP contribution in [0.5, 0.6) is 0 Å². The predicted molar refractivity (Wildman–Crippen MR) is 145 cm³/mol. The van der Waals surface area contributed by atoms with E-state index in [1.165, 1.54) is 55.7 Å². The standard InChI is InChI=1S/C28H24FN5O3S/c1-17-6-8-20(9-7-17)38(36,37)34-16-23(18-5-4-12-31-14-18)22-13-19(15-32-27(22)34)25-24(30)11-10-21(26(25)29)28(35)33(2)3/h4-16H,30H2,1-3H3. The van der Waals surface area contributed by atoms with Gasteiger partial charge in [-0.1, -0.05) is 23.8 Å². The Morgan fingerprint density at radius 2 is 1.76 bits per heavy atom. The number of halogens is 1. The largest absolute Gasteiger partial charge is 0.398 e. The van der Waals surface area contributed by atoms with Gasteiger partial charge in [0.25, 0.3) is 15.9 Å². The second-order valence-corrected chi connectivity index (χ2v) is 10.9. The lowest BCUT2D eigenvalue weighted by Gasteiger charge is -2.15. The van der Waals surface area contributed by atoms with Gasteiger partial charge in [-0.2, -0.15) is 0 Å². The predicted octanol–water partition coefficient (Wildman–Crippen LogP) is 4.73. The number of carbonyl (C=O) groups excluding carboxylic acids is 1. The minimum atomic E-state index is -4.01. The Hall–Kier alpha value is -4.57. The van der Waals surface area contributed by atoms with Gasteiger partial charge in [0.1, 0.15) is 5.82 Å². The van der Waals surface area contributed by atoms with Gasteiger partial charge in [-0.15, -0.1) is 0 Å². The third-order valence-electron chi connectivity index (χ3n) is 6.26. The van der Waals surface area contributed by atoms with Crippen LogP contribution in [0.25, 0.3) is 33.3 Å². The van der Waals surface area contributed by atoms with Gasteiger partial charge in [-0.25, -0.2) is 21.8 Å². The van der Waals surface area contributed by atoms with Crippen LogP contribution in [0, 0.1) is 12.7 Å². The quantitative estimate of drug-likeness (QED) is 0.330. The summed E-state index contributed by atoms with van der Waals surface area (Å²) < 4.78 is 44.0. The first kappa shape index (κ1) is 25.1. The summed E-state index contributed by atoms with van der Waals surface area (Å²) in [5, 5.41) is 0.453. The van der Waals surface area contributed by atoms with Crippen molar-refractivity contribution >= 4 is 32.7 Å². The molecule has 5 aromatic rings. The van der Waals surface area contributed by atoms with Crippen molar-refractivity contribution in [2.45, 2.75) is 11.8 Å². The molecule has 5 rings (SSSR count). The fourth-order valence-electron chi connectivity index (χ4n) is 4.27. The van der Waals surface area contributed by atoms with Crippen LogP contribution in [-0.4, -0.2) is 47.3 Å². The van der Waals surface area contributed by atoms with Gasteiger partial charge in [0.2, 0.25) is 0 Å². The summed E-state index contributed by atoms with van der Waals surface area (Å²) in [7, 11) is -0.945. The van der Waals surface area contributed by atoms with Crippen LogP contribution in [0.3, 0.4) is 0 Å². The Morgan fingerprint density at radius 3 is 2.42 bits per heavy atom. The Kier molecular flexibility index (Phi) is 6.20. The van der Waals surface area contributed by atoms with Crippen LogP contribution >= 0.6 is 0 Å². The van der Waals surface area contributed by atoms with Gasteiger partial charge in [0, 0.05) is 72.2 Å². The summed E-state index contributed by atoms with van der Waals surface area (Å²) in [6, 6.07) is 14.5. The van der Waals surface area contributed by atoms with Crippen molar-refractivity contribution in [3.8, 4) is 22.3 Å². The van der Waals surface area contributed by atoms with Crippen LogP contribution in [0.1, 0.15) is 15.9 Å². The second-order valence-electron chi connectivity index (χ2n) is 9.08. The number of hydrogen-bond acceptors (Lipinski definition) is 6. The molecule has 2 N–H and O–H groups in total. The zero-order valence-corrected chi connectivity index (χ0v) is 21.7. The lowest BCUT2D eigenvalue weighted by atomic mass is 9.99. The normalized spacial score (nSPS) is 11.6. The molecule has 2 aromatic carbocycles. The maximum Gasteiger partial charge on any atom is 0.269 e. The van der Waals surface area contributed by atoms with Crippen molar-refractivity contribution in [3.05, 3.63) is 96.3 Å². The lowest BCUT2D eigenvalue weighted by molar-refractivity contribution is 0.0823. The molecule has 8 nitrogen and oxygen atoms in total. The summed E-state index contributed by atoms with van der Waals surface area (Å²) in [5.74, 6) is -1.29. The summed E-state index contributed by atoms with van der Waals surface area (Å²) in [5.41, 5.74) is 8.73. The SMILES string of the molecule is Cc1ccc(S(=O)(=O)n2cc(-c3cccnc3)c3cc(-c4c(N)ccc(C(=O)N(C)C)c4F)cnc32)cc1. The van der Waals surface area contributed by atoms with E-state index in [0.717, 1.165) is 9.54 Å². The molecule has 0 saturated heterocycles. The molecule has 38 heavy (non-hydrogen) atoms. The van der Waals surface area contributed by atoms with Crippen molar-refractivity contribution in [1.29, 1.82) is 0 Å². The van der Waals surface area contributed by atoms with Crippen LogP contribution in [0.2, 0.25) is 0 Å². The number of hydrogen-bond donors (Lipinski definition) is 1. The maximum absolute atomic E-state index is 15.6. The molecule has 3 aromatic heterocycles. The van der Waals surface area contributed by atoms with Gasteiger partial charge in [-0.3, -0.25) is 9.78 Å². The fraction of sp³-hybridized carbons (Fsp3) is 0.107. The van der Waals surface area contributed by atoms with Crippen molar-refractivity contribution in [2.24, 2.45) is 0 Å². The molecule has 0 atom stereocenters. The molecule has 0 unspecified atom stereocenters. The zero-order valence-electron chi connectivity index (χ0n) is 20.9.